The van der Waals surface area contributed by atoms with Gasteiger partial charge in [-0.2, -0.15) is 0 Å². The van der Waals surface area contributed by atoms with Crippen molar-refractivity contribution < 1.29 is 28.2 Å². The Bertz CT molecular complexity index is 1350. The molecule has 2 aliphatic heterocycles. The van der Waals surface area contributed by atoms with Crippen LogP contribution in [0.1, 0.15) is 41.3 Å². The summed E-state index contributed by atoms with van der Waals surface area (Å²) in [4.78, 5) is 12.4. The van der Waals surface area contributed by atoms with Crippen molar-refractivity contribution >= 4 is 17.5 Å². The number of rotatable bonds is 7. The van der Waals surface area contributed by atoms with Crippen molar-refractivity contribution in [3.05, 3.63) is 81.9 Å². The molecule has 0 aromatic heterocycles. The van der Waals surface area contributed by atoms with Crippen molar-refractivity contribution in [2.24, 2.45) is 5.73 Å². The number of ether oxygens (including phenoxy) is 2. The zero-order valence-corrected chi connectivity index (χ0v) is 20.9. The highest BCUT2D eigenvalue weighted by atomic mass is 35.5. The van der Waals surface area contributed by atoms with Crippen LogP contribution in [0.3, 0.4) is 0 Å². The van der Waals surface area contributed by atoms with Crippen LogP contribution in [-0.2, 0) is 12.0 Å². The van der Waals surface area contributed by atoms with Crippen LogP contribution < -0.4 is 20.5 Å². The smallest absolute Gasteiger partial charge is 0.249 e. The fourth-order valence-corrected chi connectivity index (χ4v) is 5.61. The Balaban J connectivity index is 1.73. The summed E-state index contributed by atoms with van der Waals surface area (Å²) in [6.45, 7) is 2.11. The van der Waals surface area contributed by atoms with Gasteiger partial charge in [0.05, 0.1) is 22.7 Å². The first-order valence-electron chi connectivity index (χ1n) is 12.1. The van der Waals surface area contributed by atoms with Gasteiger partial charge in [-0.3, -0.25) is 4.79 Å². The number of benzene rings is 3. The molecule has 2 unspecified atom stereocenters. The summed E-state index contributed by atoms with van der Waals surface area (Å²) in [5.74, 6) is -2.65. The molecule has 1 saturated heterocycles. The number of nitrogens with one attached hydrogen (secondary N) is 1. The Morgan fingerprint density at radius 2 is 2.03 bits per heavy atom. The van der Waals surface area contributed by atoms with E-state index in [1.807, 2.05) is 30.3 Å². The molecule has 0 saturated carbocycles. The zero-order valence-electron chi connectivity index (χ0n) is 20.2. The summed E-state index contributed by atoms with van der Waals surface area (Å²) in [6.07, 6.45) is 1.18. The standard InChI is InChI=1S/C28H27ClF2N2O4/c1-15(34)14-36-20-10-9-17(27(32)35)24(26(20)31)23-18-13-28(22-8-5-11-33-22,16-6-3-2-4-7-16)37-21(18)12-19(30)25(23)29/h2-4,6-7,9-10,12,15,22,33-34H,5,8,11,13-14H2,1H3,(H2,32,35)/t15?,22?,28-/m0/s1. The maximum atomic E-state index is 16.0. The van der Waals surface area contributed by atoms with Crippen molar-refractivity contribution in [1.29, 1.82) is 0 Å². The third-order valence-electron chi connectivity index (χ3n) is 7.01. The first-order chi connectivity index (χ1) is 17.7. The number of aliphatic hydroxyl groups is 1. The number of primary amides is 1. The lowest BCUT2D eigenvalue weighted by molar-refractivity contribution is 0.0539. The molecule has 1 amide bonds. The summed E-state index contributed by atoms with van der Waals surface area (Å²) in [5, 5.41) is 12.7. The third kappa shape index (κ3) is 4.43. The van der Waals surface area contributed by atoms with Crippen LogP contribution in [0.2, 0.25) is 5.02 Å². The van der Waals surface area contributed by atoms with E-state index in [1.54, 1.807) is 0 Å². The number of carbonyl (C=O) groups excluding carboxylic acids is 1. The Hall–Kier alpha value is -3.20. The number of aliphatic hydroxyl groups excluding tert-OH is 1. The van der Waals surface area contributed by atoms with Crippen LogP contribution in [-0.4, -0.2) is 36.3 Å². The van der Waals surface area contributed by atoms with E-state index in [4.69, 9.17) is 26.8 Å². The Morgan fingerprint density at radius 3 is 2.68 bits per heavy atom. The fourth-order valence-electron chi connectivity index (χ4n) is 5.35. The van der Waals surface area contributed by atoms with Crippen molar-refractivity contribution in [3.8, 4) is 22.6 Å². The lowest BCUT2D eigenvalue weighted by atomic mass is 9.80. The van der Waals surface area contributed by atoms with E-state index >= 15 is 8.78 Å². The summed E-state index contributed by atoms with van der Waals surface area (Å²) in [7, 11) is 0. The van der Waals surface area contributed by atoms with E-state index in [9.17, 15) is 9.90 Å². The molecule has 3 aromatic rings. The predicted molar refractivity (Wildman–Crippen MR) is 136 cm³/mol. The van der Waals surface area contributed by atoms with E-state index in [-0.39, 0.29) is 52.3 Å². The topological polar surface area (TPSA) is 93.8 Å². The molecule has 2 aliphatic rings. The van der Waals surface area contributed by atoms with Gasteiger partial charge in [-0.25, -0.2) is 8.78 Å². The van der Waals surface area contributed by atoms with Crippen molar-refractivity contribution in [1.82, 2.24) is 5.32 Å². The molecule has 0 radical (unpaired) electrons. The third-order valence-corrected chi connectivity index (χ3v) is 7.37. The van der Waals surface area contributed by atoms with Crippen LogP contribution in [0.25, 0.3) is 11.1 Å². The van der Waals surface area contributed by atoms with Gasteiger partial charge in [-0.1, -0.05) is 41.9 Å². The van der Waals surface area contributed by atoms with Gasteiger partial charge in [-0.15, -0.1) is 0 Å². The SMILES string of the molecule is CC(O)COc1ccc(C(N)=O)c(-c2c(Cl)c(F)cc3c2C[C@](c2ccccc2)(C2CCCN2)O3)c1F. The molecule has 1 fully saturated rings. The monoisotopic (exact) mass is 528 g/mol. The number of hydrogen-bond donors (Lipinski definition) is 3. The molecule has 2 heterocycles. The molecular formula is C28H27ClF2N2O4. The molecule has 3 aromatic carbocycles. The van der Waals surface area contributed by atoms with Gasteiger partial charge >= 0.3 is 0 Å². The maximum absolute atomic E-state index is 16.0. The molecule has 9 heteroatoms. The van der Waals surface area contributed by atoms with Gasteiger partial charge in [-0.05, 0) is 44.0 Å². The van der Waals surface area contributed by atoms with Gasteiger partial charge in [0.2, 0.25) is 5.91 Å². The fraction of sp³-hybridized carbons (Fsp3) is 0.321. The predicted octanol–water partition coefficient (Wildman–Crippen LogP) is 4.73. The van der Waals surface area contributed by atoms with Crippen LogP contribution in [0.4, 0.5) is 8.78 Å². The molecule has 0 aliphatic carbocycles. The molecule has 194 valence electrons. The minimum atomic E-state index is -0.928. The summed E-state index contributed by atoms with van der Waals surface area (Å²) in [5.41, 5.74) is 5.64. The highest BCUT2D eigenvalue weighted by Crippen LogP contribution is 2.52. The molecule has 4 N–H and O–H groups in total. The number of halogens is 3. The van der Waals surface area contributed by atoms with Gasteiger partial charge in [0.15, 0.2) is 17.2 Å². The maximum Gasteiger partial charge on any atom is 0.249 e. The number of carbonyl (C=O) groups is 1. The molecule has 3 atom stereocenters. The van der Waals surface area contributed by atoms with Crippen LogP contribution in [0.15, 0.2) is 48.5 Å². The molecular weight excluding hydrogens is 502 g/mol. The van der Waals surface area contributed by atoms with E-state index in [1.165, 1.54) is 25.1 Å². The minimum Gasteiger partial charge on any atom is -0.488 e. The first-order valence-corrected chi connectivity index (χ1v) is 12.5. The second kappa shape index (κ2) is 9.93. The van der Waals surface area contributed by atoms with Gasteiger partial charge < -0.3 is 25.6 Å². The van der Waals surface area contributed by atoms with Gasteiger partial charge in [0, 0.05) is 29.2 Å². The van der Waals surface area contributed by atoms with Crippen LogP contribution in [0, 0.1) is 11.6 Å². The average molecular weight is 529 g/mol. The Morgan fingerprint density at radius 1 is 1.27 bits per heavy atom. The molecule has 37 heavy (non-hydrogen) atoms. The van der Waals surface area contributed by atoms with Crippen molar-refractivity contribution in [3.63, 3.8) is 0 Å². The summed E-state index contributed by atoms with van der Waals surface area (Å²) >= 11 is 6.49. The van der Waals surface area contributed by atoms with Gasteiger partial charge in [0.25, 0.3) is 0 Å². The highest BCUT2D eigenvalue weighted by Gasteiger charge is 2.50. The second-order valence-corrected chi connectivity index (χ2v) is 9.91. The number of nitrogens with two attached hydrogens (primary N) is 1. The number of fused-ring (bicyclic) bond motifs is 1. The van der Waals surface area contributed by atoms with Gasteiger partial charge in [0.1, 0.15) is 18.2 Å². The number of hydrogen-bond acceptors (Lipinski definition) is 5. The molecule has 5 rings (SSSR count). The first kappa shape index (κ1) is 25.4. The zero-order chi connectivity index (χ0) is 26.3. The number of amides is 1. The average Bonchev–Trinajstić information content (AvgIpc) is 3.54. The van der Waals surface area contributed by atoms with Crippen LogP contribution in [0.5, 0.6) is 11.5 Å². The minimum absolute atomic E-state index is 0.00117. The molecule has 6 nitrogen and oxygen atoms in total. The highest BCUT2D eigenvalue weighted by molar-refractivity contribution is 6.34. The Labute approximate surface area is 218 Å². The van der Waals surface area contributed by atoms with Crippen molar-refractivity contribution in [2.45, 2.75) is 43.9 Å². The van der Waals surface area contributed by atoms with Crippen molar-refractivity contribution in [2.75, 3.05) is 13.2 Å². The summed E-state index contributed by atoms with van der Waals surface area (Å²) < 4.78 is 43.2. The molecule has 0 bridgehead atoms. The molecule has 0 spiro atoms. The summed E-state index contributed by atoms with van der Waals surface area (Å²) in [6, 6.07) is 13.3. The largest absolute Gasteiger partial charge is 0.488 e. The van der Waals surface area contributed by atoms with E-state index in [2.05, 4.69) is 5.32 Å². The lowest BCUT2D eigenvalue weighted by Gasteiger charge is -2.35. The Kier molecular flexibility index (Phi) is 6.83. The second-order valence-electron chi connectivity index (χ2n) is 9.53. The van der Waals surface area contributed by atoms with Crippen LogP contribution >= 0.6 is 11.6 Å². The quantitative estimate of drug-likeness (QED) is 0.412. The van der Waals surface area contributed by atoms with E-state index in [0.717, 1.165) is 24.9 Å². The van der Waals surface area contributed by atoms with E-state index in [0.29, 0.717) is 5.56 Å². The lowest BCUT2D eigenvalue weighted by Crippen LogP contribution is -2.48. The van der Waals surface area contributed by atoms with E-state index < -0.39 is 29.2 Å². The normalized spacial score (nSPS) is 21.4.